The van der Waals surface area contributed by atoms with Crippen molar-refractivity contribution in [1.82, 2.24) is 0 Å². The molecule has 0 saturated carbocycles. The van der Waals surface area contributed by atoms with Crippen molar-refractivity contribution in [3.63, 3.8) is 0 Å². The van der Waals surface area contributed by atoms with Crippen molar-refractivity contribution in [3.8, 4) is 0 Å². The fourth-order valence-electron chi connectivity index (χ4n) is 3.32. The summed E-state index contributed by atoms with van der Waals surface area (Å²) in [7, 11) is -4.10. The Kier molecular flexibility index (Phi) is 5.44. The van der Waals surface area contributed by atoms with Crippen LogP contribution in [-0.4, -0.2) is 14.2 Å². The van der Waals surface area contributed by atoms with Crippen LogP contribution in [0, 0.1) is 5.82 Å². The highest BCUT2D eigenvalue weighted by molar-refractivity contribution is 7.97. The fraction of sp³-hybridized carbons (Fsp3) is 0.136. The number of carbonyl (C=O) groups excluding carboxylic acids is 1. The van der Waals surface area contributed by atoms with Gasteiger partial charge < -0.3 is 5.32 Å². The third kappa shape index (κ3) is 3.64. The number of ketones is 1. The van der Waals surface area contributed by atoms with Crippen molar-refractivity contribution in [2.24, 2.45) is 0 Å². The number of aryl methyl sites for hydroxylation is 1. The zero-order valence-corrected chi connectivity index (χ0v) is 17.8. The number of hydrogen-bond acceptors (Lipinski definition) is 5. The molecule has 0 atom stereocenters. The summed E-state index contributed by atoms with van der Waals surface area (Å²) in [6.45, 7) is 2.00. The molecule has 0 saturated heterocycles. The van der Waals surface area contributed by atoms with E-state index in [-0.39, 0.29) is 11.4 Å². The molecule has 5 nitrogen and oxygen atoms in total. The maximum atomic E-state index is 13.4. The van der Waals surface area contributed by atoms with Crippen molar-refractivity contribution in [3.05, 3.63) is 92.9 Å². The minimum Gasteiger partial charge on any atom is -0.360 e. The maximum absolute atomic E-state index is 13.4. The standard InChI is InChI=1S/C22H19FN2O3S2/c1-2-16-5-3-4-6-18(16)24-13-20-21(26)22-19(11-12-29-22)25(30(20,27)28)14-15-7-9-17(23)10-8-15/h3-13,24H,2,14H2,1H3. The number of Topliss-reactive ketones (excluding diaryl/α,β-unsaturated/α-hetero) is 1. The van der Waals surface area contributed by atoms with Crippen molar-refractivity contribution >= 4 is 38.5 Å². The first-order valence-electron chi connectivity index (χ1n) is 9.36. The Balaban J connectivity index is 1.75. The van der Waals surface area contributed by atoms with Gasteiger partial charge in [-0.25, -0.2) is 12.8 Å². The van der Waals surface area contributed by atoms with E-state index < -0.39 is 21.6 Å². The lowest BCUT2D eigenvalue weighted by molar-refractivity contribution is 0.104. The Morgan fingerprint density at radius 1 is 1.10 bits per heavy atom. The van der Waals surface area contributed by atoms with Crippen LogP contribution in [0.25, 0.3) is 0 Å². The Hall–Kier alpha value is -2.97. The lowest BCUT2D eigenvalue weighted by Crippen LogP contribution is -2.38. The van der Waals surface area contributed by atoms with Gasteiger partial charge in [-0.2, -0.15) is 0 Å². The molecule has 1 N–H and O–H groups in total. The molecule has 0 radical (unpaired) electrons. The van der Waals surface area contributed by atoms with Gasteiger partial charge in [-0.1, -0.05) is 37.3 Å². The summed E-state index contributed by atoms with van der Waals surface area (Å²) < 4.78 is 41.2. The van der Waals surface area contributed by atoms with Crippen LogP contribution < -0.4 is 9.62 Å². The zero-order valence-electron chi connectivity index (χ0n) is 16.1. The summed E-state index contributed by atoms with van der Waals surface area (Å²) in [4.78, 5) is 13.0. The van der Waals surface area contributed by atoms with Gasteiger partial charge in [-0.3, -0.25) is 9.10 Å². The number of hydrogen-bond donors (Lipinski definition) is 1. The molecule has 154 valence electrons. The first-order chi connectivity index (χ1) is 14.4. The van der Waals surface area contributed by atoms with Gasteiger partial charge >= 0.3 is 0 Å². The third-order valence-corrected chi connectivity index (χ3v) is 7.58. The molecule has 1 aliphatic heterocycles. The Morgan fingerprint density at radius 3 is 2.57 bits per heavy atom. The molecule has 4 rings (SSSR count). The SMILES string of the molecule is CCc1ccccc1NC=C1C(=O)c2sccc2N(Cc2ccc(F)cc2)S1(=O)=O. The predicted molar refractivity (Wildman–Crippen MR) is 118 cm³/mol. The Labute approximate surface area is 178 Å². The number of halogens is 1. The van der Waals surface area contributed by atoms with E-state index in [4.69, 9.17) is 0 Å². The molecule has 2 heterocycles. The molecule has 8 heteroatoms. The zero-order chi connectivity index (χ0) is 21.3. The number of allylic oxidation sites excluding steroid dienone is 1. The van der Waals surface area contributed by atoms with Crippen LogP contribution >= 0.6 is 11.3 Å². The number of fused-ring (bicyclic) bond motifs is 1. The number of anilines is 2. The fourth-order valence-corrected chi connectivity index (χ4v) is 5.81. The first kappa shape index (κ1) is 20.3. The van der Waals surface area contributed by atoms with Crippen LogP contribution in [0.1, 0.15) is 27.7 Å². The topological polar surface area (TPSA) is 66.5 Å². The van der Waals surface area contributed by atoms with Gasteiger partial charge in [0.25, 0.3) is 10.0 Å². The van der Waals surface area contributed by atoms with E-state index in [1.165, 1.54) is 46.1 Å². The highest BCUT2D eigenvalue weighted by Crippen LogP contribution is 2.39. The molecule has 0 unspecified atom stereocenters. The van der Waals surface area contributed by atoms with Crippen LogP contribution in [0.2, 0.25) is 0 Å². The van der Waals surface area contributed by atoms with Gasteiger partial charge in [0.15, 0.2) is 4.91 Å². The minimum absolute atomic E-state index is 0.00249. The molecular formula is C22H19FN2O3S2. The van der Waals surface area contributed by atoms with Gasteiger partial charge in [0.1, 0.15) is 10.7 Å². The molecular weight excluding hydrogens is 423 g/mol. The number of benzene rings is 2. The number of thiophene rings is 1. The normalized spacial score (nSPS) is 16.5. The van der Waals surface area contributed by atoms with Crippen molar-refractivity contribution in [2.45, 2.75) is 19.9 Å². The van der Waals surface area contributed by atoms with Gasteiger partial charge in [0.05, 0.1) is 12.2 Å². The molecule has 0 spiro atoms. The van der Waals surface area contributed by atoms with E-state index in [9.17, 15) is 17.6 Å². The predicted octanol–water partition coefficient (Wildman–Crippen LogP) is 4.94. The monoisotopic (exact) mass is 442 g/mol. The summed E-state index contributed by atoms with van der Waals surface area (Å²) in [5, 5.41) is 4.69. The van der Waals surface area contributed by atoms with Crippen LogP contribution in [0.15, 0.2) is 71.1 Å². The molecule has 1 aliphatic rings. The number of nitrogens with zero attached hydrogens (tertiary/aromatic N) is 1. The lowest BCUT2D eigenvalue weighted by atomic mass is 10.1. The molecule has 0 aliphatic carbocycles. The number of para-hydroxylation sites is 1. The molecule has 2 aromatic carbocycles. The Bertz CT molecular complexity index is 1230. The van der Waals surface area contributed by atoms with Gasteiger partial charge in [0, 0.05) is 11.9 Å². The third-order valence-electron chi connectivity index (χ3n) is 4.91. The average molecular weight is 443 g/mol. The summed E-state index contributed by atoms with van der Waals surface area (Å²) >= 11 is 1.20. The van der Waals surface area contributed by atoms with E-state index in [1.807, 2.05) is 31.2 Å². The van der Waals surface area contributed by atoms with E-state index >= 15 is 0 Å². The molecule has 0 bridgehead atoms. The largest absolute Gasteiger partial charge is 0.360 e. The number of sulfonamides is 1. The summed E-state index contributed by atoms with van der Waals surface area (Å²) in [5.74, 6) is -0.928. The molecule has 0 fully saturated rings. The van der Waals surface area contributed by atoms with E-state index in [0.29, 0.717) is 16.1 Å². The molecule has 1 aromatic heterocycles. The van der Waals surface area contributed by atoms with Crippen molar-refractivity contribution < 1.29 is 17.6 Å². The quantitative estimate of drug-likeness (QED) is 0.569. The smallest absolute Gasteiger partial charge is 0.270 e. The minimum atomic E-state index is -4.10. The average Bonchev–Trinajstić information content (AvgIpc) is 3.22. The van der Waals surface area contributed by atoms with Gasteiger partial charge in [0.2, 0.25) is 5.78 Å². The molecule has 30 heavy (non-hydrogen) atoms. The van der Waals surface area contributed by atoms with E-state index in [1.54, 1.807) is 11.4 Å². The van der Waals surface area contributed by atoms with Crippen LogP contribution in [0.4, 0.5) is 15.8 Å². The molecule has 3 aromatic rings. The lowest BCUT2D eigenvalue weighted by Gasteiger charge is -2.29. The van der Waals surface area contributed by atoms with Gasteiger partial charge in [-0.05, 0) is 47.2 Å². The second-order valence-corrected chi connectivity index (χ2v) is 9.51. The van der Waals surface area contributed by atoms with Crippen LogP contribution in [0.3, 0.4) is 0 Å². The number of nitrogens with one attached hydrogen (secondary N) is 1. The van der Waals surface area contributed by atoms with Crippen molar-refractivity contribution in [1.29, 1.82) is 0 Å². The molecule has 0 amide bonds. The van der Waals surface area contributed by atoms with Crippen LogP contribution in [0.5, 0.6) is 0 Å². The number of rotatable bonds is 5. The van der Waals surface area contributed by atoms with E-state index in [0.717, 1.165) is 17.7 Å². The number of carbonyl (C=O) groups is 1. The van der Waals surface area contributed by atoms with Crippen molar-refractivity contribution in [2.75, 3.05) is 9.62 Å². The maximum Gasteiger partial charge on any atom is 0.270 e. The summed E-state index contributed by atoms with van der Waals surface area (Å²) in [6, 6.07) is 14.8. The van der Waals surface area contributed by atoms with Gasteiger partial charge in [-0.15, -0.1) is 11.3 Å². The first-order valence-corrected chi connectivity index (χ1v) is 11.7. The van der Waals surface area contributed by atoms with E-state index in [2.05, 4.69) is 5.32 Å². The highest BCUT2D eigenvalue weighted by atomic mass is 32.2. The second-order valence-electron chi connectivity index (χ2n) is 6.77. The van der Waals surface area contributed by atoms with Crippen LogP contribution in [-0.2, 0) is 23.0 Å². The second kappa shape index (κ2) is 8.04. The summed E-state index contributed by atoms with van der Waals surface area (Å²) in [6.07, 6.45) is 2.03. The summed E-state index contributed by atoms with van der Waals surface area (Å²) in [5.41, 5.74) is 2.73. The highest BCUT2D eigenvalue weighted by Gasteiger charge is 2.41. The Morgan fingerprint density at radius 2 is 1.83 bits per heavy atom.